The van der Waals surface area contributed by atoms with Gasteiger partial charge in [-0.05, 0) is 12.8 Å². The maximum absolute atomic E-state index is 11.0. The number of hydrogen-bond donors (Lipinski definition) is 0. The lowest BCUT2D eigenvalue weighted by Crippen LogP contribution is -2.34. The van der Waals surface area contributed by atoms with Crippen LogP contribution in [0.4, 0.5) is 0 Å². The standard InChI is InChI=1S/C6H11NO3S/c1-11(9,10)6-3-2-4-7(6)5-8/h5-6H,2-4H2,1H3. The largest absolute Gasteiger partial charge is 0.328 e. The fourth-order valence-corrected chi connectivity index (χ4v) is 2.58. The van der Waals surface area contributed by atoms with Crippen molar-refractivity contribution in [2.24, 2.45) is 0 Å². The monoisotopic (exact) mass is 177 g/mol. The fourth-order valence-electron chi connectivity index (χ4n) is 1.34. The van der Waals surface area contributed by atoms with E-state index in [4.69, 9.17) is 0 Å². The molecule has 0 bridgehead atoms. The van der Waals surface area contributed by atoms with Gasteiger partial charge in [-0.1, -0.05) is 0 Å². The minimum atomic E-state index is -3.07. The van der Waals surface area contributed by atoms with Crippen LogP contribution in [0.1, 0.15) is 12.8 Å². The number of nitrogens with zero attached hydrogens (tertiary/aromatic N) is 1. The zero-order valence-corrected chi connectivity index (χ0v) is 7.17. The number of hydrogen-bond acceptors (Lipinski definition) is 3. The Kier molecular flexibility index (Phi) is 2.17. The van der Waals surface area contributed by atoms with Crippen molar-refractivity contribution in [1.29, 1.82) is 0 Å². The molecule has 0 radical (unpaired) electrons. The van der Waals surface area contributed by atoms with Crippen LogP contribution in [0.5, 0.6) is 0 Å². The van der Waals surface area contributed by atoms with Crippen LogP contribution < -0.4 is 0 Å². The molecule has 1 fully saturated rings. The normalized spacial score (nSPS) is 25.5. The topological polar surface area (TPSA) is 54.5 Å². The number of carbonyl (C=O) groups excluding carboxylic acids is 1. The van der Waals surface area contributed by atoms with Crippen molar-refractivity contribution in [3.63, 3.8) is 0 Å². The van der Waals surface area contributed by atoms with Crippen LogP contribution in [0.15, 0.2) is 0 Å². The summed E-state index contributed by atoms with van der Waals surface area (Å²) in [5.74, 6) is 0. The summed E-state index contributed by atoms with van der Waals surface area (Å²) in [6.07, 6.45) is 3.15. The maximum atomic E-state index is 11.0. The summed E-state index contributed by atoms with van der Waals surface area (Å²) in [4.78, 5) is 11.7. The Hall–Kier alpha value is -0.580. The predicted molar refractivity (Wildman–Crippen MR) is 40.6 cm³/mol. The van der Waals surface area contributed by atoms with Gasteiger partial charge in [0, 0.05) is 12.8 Å². The Morgan fingerprint density at radius 1 is 1.55 bits per heavy atom. The van der Waals surface area contributed by atoms with E-state index < -0.39 is 15.2 Å². The number of rotatable bonds is 2. The van der Waals surface area contributed by atoms with Crippen molar-refractivity contribution in [1.82, 2.24) is 4.90 Å². The zero-order valence-electron chi connectivity index (χ0n) is 6.36. The van der Waals surface area contributed by atoms with Gasteiger partial charge in [-0.15, -0.1) is 0 Å². The van der Waals surface area contributed by atoms with E-state index in [0.717, 1.165) is 6.42 Å². The third-order valence-corrected chi connectivity index (χ3v) is 3.36. The van der Waals surface area contributed by atoms with Crippen LogP contribution in [0.3, 0.4) is 0 Å². The molecule has 4 nitrogen and oxygen atoms in total. The van der Waals surface area contributed by atoms with Crippen molar-refractivity contribution in [3.8, 4) is 0 Å². The average Bonchev–Trinajstić information content (AvgIpc) is 2.31. The smallest absolute Gasteiger partial charge is 0.210 e. The van der Waals surface area contributed by atoms with Crippen LogP contribution in [0.2, 0.25) is 0 Å². The van der Waals surface area contributed by atoms with E-state index in [0.29, 0.717) is 19.4 Å². The second kappa shape index (κ2) is 2.81. The molecule has 0 aromatic rings. The molecule has 1 amide bonds. The molecule has 0 aromatic heterocycles. The fraction of sp³-hybridized carbons (Fsp3) is 0.833. The van der Waals surface area contributed by atoms with Crippen molar-refractivity contribution < 1.29 is 13.2 Å². The molecule has 64 valence electrons. The summed E-state index contributed by atoms with van der Waals surface area (Å²) in [6.45, 7) is 0.571. The van der Waals surface area contributed by atoms with Crippen molar-refractivity contribution in [2.45, 2.75) is 18.2 Å². The molecule has 11 heavy (non-hydrogen) atoms. The van der Waals surface area contributed by atoms with Crippen molar-refractivity contribution in [2.75, 3.05) is 12.8 Å². The second-order valence-corrected chi connectivity index (χ2v) is 4.97. The van der Waals surface area contributed by atoms with E-state index in [1.54, 1.807) is 0 Å². The highest BCUT2D eigenvalue weighted by atomic mass is 32.2. The van der Waals surface area contributed by atoms with Gasteiger partial charge in [0.05, 0.1) is 0 Å². The summed E-state index contributed by atoms with van der Waals surface area (Å²) >= 11 is 0. The lowest BCUT2D eigenvalue weighted by molar-refractivity contribution is -0.117. The van der Waals surface area contributed by atoms with E-state index in [1.807, 2.05) is 0 Å². The first kappa shape index (κ1) is 8.52. The Morgan fingerprint density at radius 3 is 2.55 bits per heavy atom. The van der Waals surface area contributed by atoms with Crippen molar-refractivity contribution >= 4 is 16.2 Å². The van der Waals surface area contributed by atoms with E-state index in [1.165, 1.54) is 11.2 Å². The van der Waals surface area contributed by atoms with Gasteiger partial charge in [-0.25, -0.2) is 8.42 Å². The number of carbonyl (C=O) groups is 1. The lowest BCUT2D eigenvalue weighted by atomic mass is 10.4. The van der Waals surface area contributed by atoms with Crippen LogP contribution in [0.25, 0.3) is 0 Å². The van der Waals surface area contributed by atoms with Gasteiger partial charge < -0.3 is 4.90 Å². The number of amides is 1. The number of sulfone groups is 1. The summed E-state index contributed by atoms with van der Waals surface area (Å²) in [5.41, 5.74) is 0. The molecule has 0 N–H and O–H groups in total. The molecule has 1 heterocycles. The van der Waals surface area contributed by atoms with E-state index >= 15 is 0 Å². The highest BCUT2D eigenvalue weighted by Crippen LogP contribution is 2.19. The Bertz CT molecular complexity index is 247. The Morgan fingerprint density at radius 2 is 2.18 bits per heavy atom. The minimum Gasteiger partial charge on any atom is -0.328 e. The Labute approximate surface area is 66.1 Å². The quantitative estimate of drug-likeness (QED) is 0.540. The van der Waals surface area contributed by atoms with Crippen LogP contribution in [0, 0.1) is 0 Å². The van der Waals surface area contributed by atoms with Gasteiger partial charge in [0.2, 0.25) is 6.41 Å². The second-order valence-electron chi connectivity index (χ2n) is 2.77. The van der Waals surface area contributed by atoms with E-state index in [2.05, 4.69) is 0 Å². The van der Waals surface area contributed by atoms with Gasteiger partial charge in [-0.2, -0.15) is 0 Å². The first-order valence-electron chi connectivity index (χ1n) is 3.45. The summed E-state index contributed by atoms with van der Waals surface area (Å²) in [6, 6.07) is 0. The first-order valence-corrected chi connectivity index (χ1v) is 5.41. The highest BCUT2D eigenvalue weighted by molar-refractivity contribution is 7.91. The van der Waals surface area contributed by atoms with Crippen molar-refractivity contribution in [3.05, 3.63) is 0 Å². The Balaban J connectivity index is 2.80. The molecule has 1 saturated heterocycles. The molecule has 0 aliphatic carbocycles. The average molecular weight is 177 g/mol. The molecule has 0 saturated carbocycles. The molecular weight excluding hydrogens is 166 g/mol. The third-order valence-electron chi connectivity index (χ3n) is 1.87. The minimum absolute atomic E-state index is 0.569. The molecule has 1 atom stereocenters. The summed E-state index contributed by atoms with van der Waals surface area (Å²) in [5, 5.41) is -0.569. The van der Waals surface area contributed by atoms with E-state index in [9.17, 15) is 13.2 Å². The molecule has 0 aromatic carbocycles. The maximum Gasteiger partial charge on any atom is 0.210 e. The predicted octanol–water partition coefficient (Wildman–Crippen LogP) is -0.391. The van der Waals surface area contributed by atoms with Crippen LogP contribution >= 0.6 is 0 Å². The molecule has 1 rings (SSSR count). The van der Waals surface area contributed by atoms with Crippen LogP contribution in [-0.2, 0) is 14.6 Å². The zero-order chi connectivity index (χ0) is 8.48. The lowest BCUT2D eigenvalue weighted by Gasteiger charge is -2.17. The number of likely N-dealkylation sites (tertiary alicyclic amines) is 1. The van der Waals surface area contributed by atoms with Crippen LogP contribution in [-0.4, -0.2) is 37.9 Å². The van der Waals surface area contributed by atoms with Gasteiger partial charge in [0.1, 0.15) is 5.37 Å². The molecule has 1 aliphatic rings. The summed E-state index contributed by atoms with van der Waals surface area (Å²) in [7, 11) is -3.07. The van der Waals surface area contributed by atoms with Gasteiger partial charge >= 0.3 is 0 Å². The SMILES string of the molecule is CS(=O)(=O)C1CCCN1C=O. The van der Waals surface area contributed by atoms with E-state index in [-0.39, 0.29) is 0 Å². The molecular formula is C6H11NO3S. The first-order chi connectivity index (χ1) is 5.05. The molecule has 1 aliphatic heterocycles. The third kappa shape index (κ3) is 1.71. The molecule has 5 heteroatoms. The molecule has 0 spiro atoms. The van der Waals surface area contributed by atoms with Gasteiger partial charge in [-0.3, -0.25) is 4.79 Å². The molecule has 1 unspecified atom stereocenters. The van der Waals surface area contributed by atoms with Gasteiger partial charge in [0.25, 0.3) is 0 Å². The highest BCUT2D eigenvalue weighted by Gasteiger charge is 2.31. The van der Waals surface area contributed by atoms with Gasteiger partial charge in [0.15, 0.2) is 9.84 Å². The summed E-state index contributed by atoms with van der Waals surface area (Å²) < 4.78 is 22.0.